The zero-order valence-electron chi connectivity index (χ0n) is 10.3. The number of ether oxygens (including phenoxy) is 1. The topological polar surface area (TPSA) is 40.3 Å². The average Bonchev–Trinajstić information content (AvgIpc) is 2.78. The molecule has 0 amide bonds. The van der Waals surface area contributed by atoms with Crippen LogP contribution in [0.1, 0.15) is 12.0 Å². The Labute approximate surface area is 98.0 Å². The summed E-state index contributed by atoms with van der Waals surface area (Å²) < 4.78 is 5.02. The summed E-state index contributed by atoms with van der Waals surface area (Å²) in [6.45, 7) is 4.99. The van der Waals surface area contributed by atoms with Gasteiger partial charge >= 0.3 is 0 Å². The van der Waals surface area contributed by atoms with Crippen molar-refractivity contribution in [3.8, 4) is 0 Å². The van der Waals surface area contributed by atoms with Gasteiger partial charge in [-0.3, -0.25) is 0 Å². The third kappa shape index (κ3) is 5.90. The minimum absolute atomic E-state index is 0.848. The van der Waals surface area contributed by atoms with Crippen molar-refractivity contribution in [2.24, 2.45) is 0 Å². The van der Waals surface area contributed by atoms with E-state index in [4.69, 9.17) is 4.74 Å². The molecule has 0 fully saturated rings. The number of aromatic nitrogens is 1. The van der Waals surface area contributed by atoms with Crippen LogP contribution in [0.25, 0.3) is 0 Å². The second-order valence-electron chi connectivity index (χ2n) is 4.05. The van der Waals surface area contributed by atoms with Crippen molar-refractivity contribution in [1.82, 2.24) is 15.2 Å². The monoisotopic (exact) mass is 225 g/mol. The van der Waals surface area contributed by atoms with E-state index in [0.717, 1.165) is 39.2 Å². The second-order valence-corrected chi connectivity index (χ2v) is 4.05. The van der Waals surface area contributed by atoms with Crippen LogP contribution >= 0.6 is 0 Å². The maximum Gasteiger partial charge on any atom is 0.0474 e. The molecule has 0 atom stereocenters. The predicted octanol–water partition coefficient (Wildman–Crippen LogP) is 1.07. The van der Waals surface area contributed by atoms with Gasteiger partial charge in [0.1, 0.15) is 0 Å². The Bertz CT molecular complexity index is 249. The lowest BCUT2D eigenvalue weighted by molar-refractivity contribution is 0.179. The van der Waals surface area contributed by atoms with Crippen molar-refractivity contribution in [1.29, 1.82) is 0 Å². The molecule has 0 aliphatic rings. The molecule has 0 radical (unpaired) electrons. The minimum atomic E-state index is 0.848. The lowest BCUT2D eigenvalue weighted by Crippen LogP contribution is -2.30. The van der Waals surface area contributed by atoms with Crippen LogP contribution in [0.2, 0.25) is 0 Å². The summed E-state index contributed by atoms with van der Waals surface area (Å²) in [7, 11) is 3.89. The molecule has 0 spiro atoms. The molecule has 0 saturated carbocycles. The largest absolute Gasteiger partial charge is 0.385 e. The third-order valence-corrected chi connectivity index (χ3v) is 2.55. The van der Waals surface area contributed by atoms with Crippen molar-refractivity contribution in [2.75, 3.05) is 40.4 Å². The van der Waals surface area contributed by atoms with E-state index in [1.54, 1.807) is 7.11 Å². The molecular formula is C12H23N3O. The van der Waals surface area contributed by atoms with Crippen LogP contribution in [0, 0.1) is 0 Å². The first-order valence-corrected chi connectivity index (χ1v) is 5.83. The Morgan fingerprint density at radius 1 is 1.44 bits per heavy atom. The quantitative estimate of drug-likeness (QED) is 0.618. The van der Waals surface area contributed by atoms with Gasteiger partial charge in [-0.15, -0.1) is 0 Å². The van der Waals surface area contributed by atoms with E-state index >= 15 is 0 Å². The van der Waals surface area contributed by atoms with E-state index in [1.165, 1.54) is 5.56 Å². The molecule has 1 heterocycles. The molecule has 0 aliphatic carbocycles. The van der Waals surface area contributed by atoms with Crippen LogP contribution in [0.15, 0.2) is 18.5 Å². The summed E-state index contributed by atoms with van der Waals surface area (Å²) in [5.74, 6) is 0. The molecule has 2 N–H and O–H groups in total. The van der Waals surface area contributed by atoms with Crippen molar-refractivity contribution in [3.63, 3.8) is 0 Å². The van der Waals surface area contributed by atoms with E-state index in [-0.39, 0.29) is 0 Å². The zero-order chi connectivity index (χ0) is 11.6. The van der Waals surface area contributed by atoms with Crippen LogP contribution in [-0.4, -0.2) is 50.3 Å². The summed E-state index contributed by atoms with van der Waals surface area (Å²) in [6.07, 6.45) is 5.08. The molecule has 16 heavy (non-hydrogen) atoms. The summed E-state index contributed by atoms with van der Waals surface area (Å²) in [5.41, 5.74) is 1.31. The Kier molecular flexibility index (Phi) is 6.88. The average molecular weight is 225 g/mol. The van der Waals surface area contributed by atoms with Crippen molar-refractivity contribution < 1.29 is 4.74 Å². The van der Waals surface area contributed by atoms with Crippen LogP contribution in [-0.2, 0) is 11.3 Å². The normalized spacial score (nSPS) is 11.2. The van der Waals surface area contributed by atoms with E-state index in [9.17, 15) is 0 Å². The van der Waals surface area contributed by atoms with E-state index in [2.05, 4.69) is 28.3 Å². The van der Waals surface area contributed by atoms with Crippen LogP contribution in [0.3, 0.4) is 0 Å². The Morgan fingerprint density at radius 2 is 2.31 bits per heavy atom. The van der Waals surface area contributed by atoms with Crippen molar-refractivity contribution in [2.45, 2.75) is 13.0 Å². The number of H-pyrrole nitrogens is 1. The molecule has 1 rings (SSSR count). The lowest BCUT2D eigenvalue weighted by Gasteiger charge is -2.16. The number of nitrogens with one attached hydrogen (secondary N) is 2. The number of hydrogen-bond acceptors (Lipinski definition) is 3. The van der Waals surface area contributed by atoms with Gasteiger partial charge in [0, 0.05) is 52.3 Å². The van der Waals surface area contributed by atoms with Gasteiger partial charge in [-0.05, 0) is 25.1 Å². The number of aromatic amines is 1. The van der Waals surface area contributed by atoms with Crippen molar-refractivity contribution in [3.05, 3.63) is 24.0 Å². The first kappa shape index (κ1) is 13.2. The van der Waals surface area contributed by atoms with Crippen LogP contribution in [0.4, 0.5) is 0 Å². The van der Waals surface area contributed by atoms with Gasteiger partial charge in [0.05, 0.1) is 0 Å². The van der Waals surface area contributed by atoms with E-state index in [0.29, 0.717) is 0 Å². The highest BCUT2D eigenvalue weighted by Gasteiger charge is 1.97. The fraction of sp³-hybridized carbons (Fsp3) is 0.667. The molecule has 0 bridgehead atoms. The highest BCUT2D eigenvalue weighted by atomic mass is 16.5. The minimum Gasteiger partial charge on any atom is -0.385 e. The fourth-order valence-electron chi connectivity index (χ4n) is 1.56. The fourth-order valence-corrected chi connectivity index (χ4v) is 1.56. The maximum absolute atomic E-state index is 5.02. The molecule has 4 heteroatoms. The first-order chi connectivity index (χ1) is 7.83. The standard InChI is InChI=1S/C12H23N3O/c1-15(7-3-9-16-2)8-6-14-11-12-4-5-13-10-12/h4-5,10,13-14H,3,6-9,11H2,1-2H3. The number of hydrogen-bond donors (Lipinski definition) is 2. The number of methoxy groups -OCH3 is 1. The summed E-state index contributed by atoms with van der Waals surface area (Å²) in [6, 6.07) is 2.09. The Morgan fingerprint density at radius 3 is 3.00 bits per heavy atom. The molecule has 0 aliphatic heterocycles. The maximum atomic E-state index is 5.02. The number of nitrogens with zero attached hydrogens (tertiary/aromatic N) is 1. The highest BCUT2D eigenvalue weighted by molar-refractivity contribution is 5.07. The molecule has 0 saturated heterocycles. The smallest absolute Gasteiger partial charge is 0.0474 e. The molecule has 1 aromatic heterocycles. The lowest BCUT2D eigenvalue weighted by atomic mass is 10.3. The SMILES string of the molecule is COCCCN(C)CCNCc1cc[nH]c1. The van der Waals surface area contributed by atoms with Gasteiger partial charge in [-0.2, -0.15) is 0 Å². The number of rotatable bonds is 9. The third-order valence-electron chi connectivity index (χ3n) is 2.55. The Hall–Kier alpha value is -0.840. The van der Waals surface area contributed by atoms with E-state index < -0.39 is 0 Å². The first-order valence-electron chi connectivity index (χ1n) is 5.83. The van der Waals surface area contributed by atoms with Gasteiger partial charge in [-0.1, -0.05) is 0 Å². The molecular weight excluding hydrogens is 202 g/mol. The summed E-state index contributed by atoms with van der Waals surface area (Å²) in [4.78, 5) is 5.37. The van der Waals surface area contributed by atoms with E-state index in [1.807, 2.05) is 12.4 Å². The van der Waals surface area contributed by atoms with Gasteiger partial charge in [0.25, 0.3) is 0 Å². The molecule has 92 valence electrons. The van der Waals surface area contributed by atoms with Crippen LogP contribution < -0.4 is 5.32 Å². The molecule has 0 unspecified atom stereocenters. The highest BCUT2D eigenvalue weighted by Crippen LogP contribution is 1.94. The molecule has 4 nitrogen and oxygen atoms in total. The predicted molar refractivity (Wildman–Crippen MR) is 66.5 cm³/mol. The van der Waals surface area contributed by atoms with Crippen molar-refractivity contribution >= 4 is 0 Å². The Balaban J connectivity index is 1.94. The summed E-state index contributed by atoms with van der Waals surface area (Å²) >= 11 is 0. The zero-order valence-corrected chi connectivity index (χ0v) is 10.3. The van der Waals surface area contributed by atoms with Gasteiger partial charge in [0.15, 0.2) is 0 Å². The van der Waals surface area contributed by atoms with Gasteiger partial charge in [0.2, 0.25) is 0 Å². The van der Waals surface area contributed by atoms with Gasteiger partial charge in [-0.25, -0.2) is 0 Å². The number of likely N-dealkylation sites (N-methyl/N-ethyl adjacent to an activating group) is 1. The molecule has 1 aromatic rings. The van der Waals surface area contributed by atoms with Crippen LogP contribution in [0.5, 0.6) is 0 Å². The second kappa shape index (κ2) is 8.33. The molecule has 0 aromatic carbocycles. The summed E-state index contributed by atoms with van der Waals surface area (Å²) in [5, 5.41) is 3.42. The van der Waals surface area contributed by atoms with Gasteiger partial charge < -0.3 is 19.9 Å².